The molecule has 0 aliphatic heterocycles. The molecule has 0 saturated heterocycles. The Morgan fingerprint density at radius 1 is 1.41 bits per heavy atom. The van der Waals surface area contributed by atoms with Gasteiger partial charge in [-0.15, -0.1) is 0 Å². The number of aliphatic hydroxyl groups is 1. The summed E-state index contributed by atoms with van der Waals surface area (Å²) in [6, 6.07) is 6.65. The number of aliphatic carboxylic acids is 1. The summed E-state index contributed by atoms with van der Waals surface area (Å²) in [6.07, 6.45) is 0. The molecule has 0 atom stereocenters. The van der Waals surface area contributed by atoms with Crippen molar-refractivity contribution in [3.63, 3.8) is 0 Å². The Morgan fingerprint density at radius 2 is 2.00 bits per heavy atom. The van der Waals surface area contributed by atoms with Crippen molar-refractivity contribution >= 4 is 17.4 Å². The molecule has 1 rings (SSSR count). The smallest absolute Gasteiger partial charge is 0.354 e. The maximum atomic E-state index is 10.8. The Kier molecular flexibility index (Phi) is 3.85. The third kappa shape index (κ3) is 3.88. The lowest BCUT2D eigenvalue weighted by molar-refractivity contribution is -0.129. The van der Waals surface area contributed by atoms with E-state index in [9.17, 15) is 9.90 Å². The first kappa shape index (κ1) is 13.2. The summed E-state index contributed by atoms with van der Waals surface area (Å²) < 4.78 is 0. The standard InChI is InChI=1S/C12H16N2O3/c1-12(2,17)7-14-9-6-4-3-5-8(9)10(13)11(15)16/h3-6,13-14,17H,7H2,1-2H3,(H,15,16). The van der Waals surface area contributed by atoms with E-state index in [1.165, 1.54) is 0 Å². The number of hydrogen-bond acceptors (Lipinski definition) is 4. The molecule has 0 amide bonds. The van der Waals surface area contributed by atoms with E-state index < -0.39 is 17.3 Å². The zero-order valence-corrected chi connectivity index (χ0v) is 9.82. The van der Waals surface area contributed by atoms with E-state index in [4.69, 9.17) is 10.5 Å². The molecule has 17 heavy (non-hydrogen) atoms. The van der Waals surface area contributed by atoms with E-state index in [2.05, 4.69) is 5.32 Å². The van der Waals surface area contributed by atoms with E-state index in [0.29, 0.717) is 11.3 Å². The van der Waals surface area contributed by atoms with Crippen molar-refractivity contribution < 1.29 is 15.0 Å². The van der Waals surface area contributed by atoms with Gasteiger partial charge in [0.25, 0.3) is 0 Å². The van der Waals surface area contributed by atoms with Crippen LogP contribution in [0.2, 0.25) is 0 Å². The van der Waals surface area contributed by atoms with E-state index >= 15 is 0 Å². The first-order chi connectivity index (χ1) is 7.81. The molecule has 5 heteroatoms. The molecule has 0 heterocycles. The lowest BCUT2D eigenvalue weighted by Crippen LogP contribution is -2.30. The minimum absolute atomic E-state index is 0.275. The van der Waals surface area contributed by atoms with Gasteiger partial charge in [-0.05, 0) is 19.9 Å². The van der Waals surface area contributed by atoms with Gasteiger partial charge >= 0.3 is 5.97 Å². The number of hydrogen-bond donors (Lipinski definition) is 4. The van der Waals surface area contributed by atoms with Crippen LogP contribution in [0.1, 0.15) is 19.4 Å². The highest BCUT2D eigenvalue weighted by Crippen LogP contribution is 2.16. The van der Waals surface area contributed by atoms with Crippen LogP contribution in [0, 0.1) is 5.41 Å². The van der Waals surface area contributed by atoms with E-state index in [1.54, 1.807) is 38.1 Å². The average molecular weight is 236 g/mol. The van der Waals surface area contributed by atoms with Crippen molar-refractivity contribution in [2.24, 2.45) is 0 Å². The number of anilines is 1. The van der Waals surface area contributed by atoms with Crippen molar-refractivity contribution in [2.75, 3.05) is 11.9 Å². The van der Waals surface area contributed by atoms with Gasteiger partial charge in [0.15, 0.2) is 0 Å². The number of nitrogens with one attached hydrogen (secondary N) is 2. The van der Waals surface area contributed by atoms with Crippen molar-refractivity contribution in [3.8, 4) is 0 Å². The number of para-hydroxylation sites is 1. The Morgan fingerprint density at radius 3 is 2.53 bits per heavy atom. The summed E-state index contributed by atoms with van der Waals surface area (Å²) in [4.78, 5) is 10.8. The van der Waals surface area contributed by atoms with E-state index in [0.717, 1.165) is 0 Å². The van der Waals surface area contributed by atoms with Gasteiger partial charge in [-0.1, -0.05) is 18.2 Å². The van der Waals surface area contributed by atoms with Gasteiger partial charge in [0.05, 0.1) is 5.60 Å². The molecule has 4 N–H and O–H groups in total. The summed E-state index contributed by atoms with van der Waals surface area (Å²) in [6.45, 7) is 3.56. The van der Waals surface area contributed by atoms with Crippen LogP contribution in [-0.2, 0) is 4.79 Å². The number of carbonyl (C=O) groups is 1. The molecule has 0 saturated carbocycles. The van der Waals surface area contributed by atoms with Crippen LogP contribution >= 0.6 is 0 Å². The lowest BCUT2D eigenvalue weighted by Gasteiger charge is -2.19. The molecule has 0 radical (unpaired) electrons. The quantitative estimate of drug-likeness (QED) is 0.580. The van der Waals surface area contributed by atoms with Crippen LogP contribution in [0.4, 0.5) is 5.69 Å². The van der Waals surface area contributed by atoms with E-state index in [1.807, 2.05) is 0 Å². The Bertz CT molecular complexity index is 436. The summed E-state index contributed by atoms with van der Waals surface area (Å²) in [5.41, 5.74) is -0.534. The van der Waals surface area contributed by atoms with Crippen LogP contribution in [0.3, 0.4) is 0 Å². The molecule has 5 nitrogen and oxygen atoms in total. The largest absolute Gasteiger partial charge is 0.477 e. The minimum Gasteiger partial charge on any atom is -0.477 e. The molecule has 0 unspecified atom stereocenters. The molecule has 1 aromatic rings. The SMILES string of the molecule is CC(C)(O)CNc1ccccc1C(=N)C(=O)O. The average Bonchev–Trinajstić information content (AvgIpc) is 2.24. The molecule has 0 bridgehead atoms. The summed E-state index contributed by atoms with van der Waals surface area (Å²) in [5, 5.41) is 28.8. The van der Waals surface area contributed by atoms with Crippen molar-refractivity contribution in [2.45, 2.75) is 19.4 Å². The van der Waals surface area contributed by atoms with E-state index in [-0.39, 0.29) is 6.54 Å². The Balaban J connectivity index is 2.93. The summed E-state index contributed by atoms with van der Waals surface area (Å²) in [7, 11) is 0. The fourth-order valence-electron chi connectivity index (χ4n) is 1.28. The fraction of sp³-hybridized carbons (Fsp3) is 0.333. The molecular weight excluding hydrogens is 220 g/mol. The maximum Gasteiger partial charge on any atom is 0.354 e. The maximum absolute atomic E-state index is 10.8. The third-order valence-corrected chi connectivity index (χ3v) is 2.12. The first-order valence-electron chi connectivity index (χ1n) is 5.19. The molecule has 1 aromatic carbocycles. The molecule has 92 valence electrons. The zero-order valence-electron chi connectivity index (χ0n) is 9.82. The number of carboxylic acid groups (broad SMARTS) is 1. The van der Waals surface area contributed by atoms with Gasteiger partial charge in [-0.25, -0.2) is 4.79 Å². The summed E-state index contributed by atoms with van der Waals surface area (Å²) >= 11 is 0. The monoisotopic (exact) mass is 236 g/mol. The predicted octanol–water partition coefficient (Wildman–Crippen LogP) is 1.32. The van der Waals surface area contributed by atoms with Gasteiger partial charge in [0, 0.05) is 17.8 Å². The van der Waals surface area contributed by atoms with Gasteiger partial charge in [0.1, 0.15) is 5.71 Å². The molecule has 0 spiro atoms. The van der Waals surface area contributed by atoms with Crippen LogP contribution in [0.25, 0.3) is 0 Å². The van der Waals surface area contributed by atoms with Crippen LogP contribution in [0.5, 0.6) is 0 Å². The number of benzene rings is 1. The molecule has 0 fully saturated rings. The second-order valence-corrected chi connectivity index (χ2v) is 4.39. The molecule has 0 aromatic heterocycles. The highest BCUT2D eigenvalue weighted by atomic mass is 16.4. The van der Waals surface area contributed by atoms with Crippen molar-refractivity contribution in [1.82, 2.24) is 0 Å². The van der Waals surface area contributed by atoms with Crippen LogP contribution < -0.4 is 5.32 Å². The van der Waals surface area contributed by atoms with Gasteiger partial charge in [0.2, 0.25) is 0 Å². The second kappa shape index (κ2) is 4.97. The minimum atomic E-state index is -1.28. The molecule has 0 aliphatic carbocycles. The Hall–Kier alpha value is -1.88. The predicted molar refractivity (Wildman–Crippen MR) is 65.7 cm³/mol. The topological polar surface area (TPSA) is 93.4 Å². The first-order valence-corrected chi connectivity index (χ1v) is 5.19. The number of carboxylic acids is 1. The van der Waals surface area contributed by atoms with Gasteiger partial charge < -0.3 is 15.5 Å². The fourth-order valence-corrected chi connectivity index (χ4v) is 1.28. The molecule has 0 aliphatic rings. The second-order valence-electron chi connectivity index (χ2n) is 4.39. The van der Waals surface area contributed by atoms with Crippen LogP contribution in [-0.4, -0.2) is 34.0 Å². The Labute approximate surface area is 99.6 Å². The van der Waals surface area contributed by atoms with Crippen molar-refractivity contribution in [3.05, 3.63) is 29.8 Å². The molecular formula is C12H16N2O3. The lowest BCUT2D eigenvalue weighted by atomic mass is 10.1. The normalized spacial score (nSPS) is 11.0. The highest BCUT2D eigenvalue weighted by molar-refractivity contribution is 6.42. The van der Waals surface area contributed by atoms with Crippen LogP contribution in [0.15, 0.2) is 24.3 Å². The van der Waals surface area contributed by atoms with Gasteiger partial charge in [-0.2, -0.15) is 0 Å². The highest BCUT2D eigenvalue weighted by Gasteiger charge is 2.16. The van der Waals surface area contributed by atoms with Gasteiger partial charge in [-0.3, -0.25) is 5.41 Å². The third-order valence-electron chi connectivity index (χ3n) is 2.12. The zero-order chi connectivity index (χ0) is 13.1. The summed E-state index contributed by atoms with van der Waals surface area (Å²) in [5.74, 6) is -1.28. The van der Waals surface area contributed by atoms with Crippen molar-refractivity contribution in [1.29, 1.82) is 5.41 Å². The number of rotatable bonds is 5.